The fraction of sp³-hybridized carbons (Fsp3) is 0.500. The molecule has 1 N–H and O–H groups in total. The van der Waals surface area contributed by atoms with E-state index in [1.165, 1.54) is 0 Å². The molecule has 0 spiro atoms. The van der Waals surface area contributed by atoms with Crippen molar-refractivity contribution in [3.63, 3.8) is 0 Å². The van der Waals surface area contributed by atoms with Gasteiger partial charge >= 0.3 is 5.97 Å². The van der Waals surface area contributed by atoms with Gasteiger partial charge in [0.2, 0.25) is 0 Å². The first kappa shape index (κ1) is 16.6. The Hall–Kier alpha value is -1.81. The van der Waals surface area contributed by atoms with Gasteiger partial charge in [0.15, 0.2) is 0 Å². The highest BCUT2D eigenvalue weighted by Gasteiger charge is 2.50. The molecule has 2 rings (SSSR count). The van der Waals surface area contributed by atoms with E-state index in [1.807, 2.05) is 31.2 Å². The molecule has 0 heterocycles. The van der Waals surface area contributed by atoms with Crippen LogP contribution in [0.2, 0.25) is 0 Å². The Labute approximate surface area is 131 Å². The maximum absolute atomic E-state index is 11.7. The van der Waals surface area contributed by atoms with Gasteiger partial charge in [-0.1, -0.05) is 24.3 Å². The maximum Gasteiger partial charge on any atom is 0.312 e. The molecule has 1 aromatic carbocycles. The molecule has 1 saturated carbocycles. The van der Waals surface area contributed by atoms with Crippen molar-refractivity contribution >= 4 is 5.97 Å². The Morgan fingerprint density at radius 3 is 2.55 bits per heavy atom. The second kappa shape index (κ2) is 6.53. The fourth-order valence-corrected chi connectivity index (χ4v) is 3.02. The largest absolute Gasteiger partial charge is 0.497 e. The van der Waals surface area contributed by atoms with E-state index in [1.54, 1.807) is 14.0 Å². The van der Waals surface area contributed by atoms with E-state index in [-0.39, 0.29) is 12.0 Å². The summed E-state index contributed by atoms with van der Waals surface area (Å²) < 4.78 is 11.1. The lowest BCUT2D eigenvalue weighted by molar-refractivity contribution is -0.156. The predicted molar refractivity (Wildman–Crippen MR) is 84.9 cm³/mol. The average Bonchev–Trinajstić information content (AvgIpc) is 2.84. The van der Waals surface area contributed by atoms with Crippen molar-refractivity contribution in [2.24, 2.45) is 11.3 Å². The summed E-state index contributed by atoms with van der Waals surface area (Å²) >= 11 is 0. The van der Waals surface area contributed by atoms with Crippen molar-refractivity contribution in [2.75, 3.05) is 7.11 Å². The number of carboxylic acids is 1. The van der Waals surface area contributed by atoms with Gasteiger partial charge < -0.3 is 14.6 Å². The molecular formula is C18H24O4. The van der Waals surface area contributed by atoms with Crippen molar-refractivity contribution in [1.29, 1.82) is 0 Å². The summed E-state index contributed by atoms with van der Waals surface area (Å²) in [7, 11) is 1.63. The van der Waals surface area contributed by atoms with Gasteiger partial charge in [-0.15, -0.1) is 0 Å². The molecular weight excluding hydrogens is 280 g/mol. The SMILES string of the molecule is C=C(C)[C@@H]1C[C@H](OCc2ccc(OC)cc2)[C@@](C)(C(=O)O)C1. The standard InChI is InChI=1S/C18H24O4/c1-12(2)14-9-16(18(3,10-14)17(19)20)22-11-13-5-7-15(21-4)8-6-13/h5-8,14,16H,1,9-11H2,2-4H3,(H,19,20)/t14-,16+,18+/m1/s1. The Morgan fingerprint density at radius 1 is 1.41 bits per heavy atom. The van der Waals surface area contributed by atoms with Crippen molar-refractivity contribution < 1.29 is 19.4 Å². The van der Waals surface area contributed by atoms with E-state index in [2.05, 4.69) is 6.58 Å². The van der Waals surface area contributed by atoms with Crippen LogP contribution >= 0.6 is 0 Å². The molecule has 1 fully saturated rings. The Kier molecular flexibility index (Phi) is 4.91. The van der Waals surface area contributed by atoms with Crippen LogP contribution in [-0.2, 0) is 16.1 Å². The highest BCUT2D eigenvalue weighted by Crippen LogP contribution is 2.46. The van der Waals surface area contributed by atoms with Crippen LogP contribution in [0.5, 0.6) is 5.75 Å². The normalized spacial score (nSPS) is 27.6. The Bertz CT molecular complexity index is 549. The number of allylic oxidation sites excluding steroid dienone is 1. The van der Waals surface area contributed by atoms with Crippen LogP contribution in [-0.4, -0.2) is 24.3 Å². The van der Waals surface area contributed by atoms with Crippen molar-refractivity contribution in [2.45, 2.75) is 39.4 Å². The van der Waals surface area contributed by atoms with Crippen LogP contribution in [0.3, 0.4) is 0 Å². The summed E-state index contributed by atoms with van der Waals surface area (Å²) in [5.74, 6) is 0.209. The van der Waals surface area contributed by atoms with E-state index >= 15 is 0 Å². The molecule has 4 heteroatoms. The monoisotopic (exact) mass is 304 g/mol. The van der Waals surface area contributed by atoms with Crippen LogP contribution < -0.4 is 4.74 Å². The van der Waals surface area contributed by atoms with Crippen LogP contribution in [0.4, 0.5) is 0 Å². The summed E-state index contributed by atoms with van der Waals surface area (Å²) in [5.41, 5.74) is 1.19. The summed E-state index contributed by atoms with van der Waals surface area (Å²) in [6.45, 7) is 8.11. The number of carboxylic acid groups (broad SMARTS) is 1. The zero-order valence-corrected chi connectivity index (χ0v) is 13.5. The van der Waals surface area contributed by atoms with Gasteiger partial charge in [-0.3, -0.25) is 4.79 Å². The van der Waals surface area contributed by atoms with Gasteiger partial charge in [-0.25, -0.2) is 0 Å². The number of methoxy groups -OCH3 is 1. The number of hydrogen-bond donors (Lipinski definition) is 1. The molecule has 1 aliphatic rings. The van der Waals surface area contributed by atoms with Crippen LogP contribution in [0.15, 0.2) is 36.4 Å². The maximum atomic E-state index is 11.7. The van der Waals surface area contributed by atoms with E-state index in [0.29, 0.717) is 19.4 Å². The lowest BCUT2D eigenvalue weighted by Gasteiger charge is -2.27. The zero-order valence-electron chi connectivity index (χ0n) is 13.5. The second-order valence-electron chi connectivity index (χ2n) is 6.35. The van der Waals surface area contributed by atoms with Gasteiger partial charge in [-0.2, -0.15) is 0 Å². The molecule has 120 valence electrons. The van der Waals surface area contributed by atoms with E-state index < -0.39 is 11.4 Å². The number of rotatable bonds is 6. The Balaban J connectivity index is 2.05. The summed E-state index contributed by atoms with van der Waals surface area (Å²) in [4.78, 5) is 11.7. The lowest BCUT2D eigenvalue weighted by atomic mass is 9.85. The minimum Gasteiger partial charge on any atom is -0.497 e. The first-order valence-corrected chi connectivity index (χ1v) is 7.50. The molecule has 22 heavy (non-hydrogen) atoms. The molecule has 4 nitrogen and oxygen atoms in total. The molecule has 1 aromatic rings. The number of benzene rings is 1. The third-order valence-electron chi connectivity index (χ3n) is 4.68. The minimum absolute atomic E-state index is 0.210. The Morgan fingerprint density at radius 2 is 2.05 bits per heavy atom. The fourth-order valence-electron chi connectivity index (χ4n) is 3.02. The predicted octanol–water partition coefficient (Wildman–Crippen LogP) is 3.66. The number of carbonyl (C=O) groups is 1. The third-order valence-corrected chi connectivity index (χ3v) is 4.68. The number of hydrogen-bond acceptors (Lipinski definition) is 3. The number of aliphatic carboxylic acids is 1. The van der Waals surface area contributed by atoms with E-state index in [9.17, 15) is 9.90 Å². The van der Waals surface area contributed by atoms with Crippen molar-refractivity contribution in [3.05, 3.63) is 42.0 Å². The van der Waals surface area contributed by atoms with E-state index in [0.717, 1.165) is 16.9 Å². The van der Waals surface area contributed by atoms with Gasteiger partial charge in [-0.05, 0) is 50.3 Å². The van der Waals surface area contributed by atoms with E-state index in [4.69, 9.17) is 9.47 Å². The average molecular weight is 304 g/mol. The number of ether oxygens (including phenoxy) is 2. The van der Waals surface area contributed by atoms with Crippen LogP contribution in [0.25, 0.3) is 0 Å². The van der Waals surface area contributed by atoms with Gasteiger partial charge in [0.05, 0.1) is 25.2 Å². The molecule has 0 aromatic heterocycles. The summed E-state index contributed by atoms with van der Waals surface area (Å²) in [6, 6.07) is 7.62. The topological polar surface area (TPSA) is 55.8 Å². The molecule has 0 unspecified atom stereocenters. The highest BCUT2D eigenvalue weighted by molar-refractivity contribution is 5.75. The molecule has 0 radical (unpaired) electrons. The molecule has 0 aliphatic heterocycles. The highest BCUT2D eigenvalue weighted by atomic mass is 16.5. The zero-order chi connectivity index (χ0) is 16.3. The third kappa shape index (κ3) is 3.33. The van der Waals surface area contributed by atoms with Crippen LogP contribution in [0.1, 0.15) is 32.3 Å². The summed E-state index contributed by atoms with van der Waals surface area (Å²) in [6.07, 6.45) is 1.01. The molecule has 0 amide bonds. The molecule has 3 atom stereocenters. The molecule has 0 saturated heterocycles. The van der Waals surface area contributed by atoms with Crippen LogP contribution in [0, 0.1) is 11.3 Å². The quantitative estimate of drug-likeness (QED) is 0.815. The first-order chi connectivity index (χ1) is 10.4. The van der Waals surface area contributed by atoms with Gasteiger partial charge in [0.1, 0.15) is 5.75 Å². The lowest BCUT2D eigenvalue weighted by Crippen LogP contribution is -2.37. The van der Waals surface area contributed by atoms with Crippen molar-refractivity contribution in [1.82, 2.24) is 0 Å². The van der Waals surface area contributed by atoms with Crippen molar-refractivity contribution in [3.8, 4) is 5.75 Å². The minimum atomic E-state index is -0.851. The molecule has 1 aliphatic carbocycles. The van der Waals surface area contributed by atoms with Gasteiger partial charge in [0.25, 0.3) is 0 Å². The second-order valence-corrected chi connectivity index (χ2v) is 6.35. The smallest absolute Gasteiger partial charge is 0.312 e. The molecule has 0 bridgehead atoms. The van der Waals surface area contributed by atoms with Gasteiger partial charge in [0, 0.05) is 0 Å². The summed E-state index contributed by atoms with van der Waals surface area (Å²) in [5, 5.41) is 9.58. The first-order valence-electron chi connectivity index (χ1n) is 7.50.